The molecule has 2 bridgehead atoms. The second-order valence-corrected chi connectivity index (χ2v) is 4.21. The molecule has 3 aliphatic rings. The van der Waals surface area contributed by atoms with Crippen LogP contribution in [0.3, 0.4) is 0 Å². The van der Waals surface area contributed by atoms with Crippen LogP contribution in [-0.2, 0) is 9.47 Å². The topological polar surface area (TPSA) is 79.2 Å². The van der Waals surface area contributed by atoms with Gasteiger partial charge in [0, 0.05) is 6.61 Å². The van der Waals surface area contributed by atoms with Crippen LogP contribution < -0.4 is 0 Å². The van der Waals surface area contributed by atoms with Gasteiger partial charge in [-0.15, -0.1) is 0 Å². The van der Waals surface area contributed by atoms with E-state index >= 15 is 0 Å². The van der Waals surface area contributed by atoms with Gasteiger partial charge in [0.1, 0.15) is 24.4 Å². The van der Waals surface area contributed by atoms with E-state index in [1.807, 2.05) is 0 Å². The normalized spacial score (nSPS) is 47.0. The Kier molecular flexibility index (Phi) is 3.58. The summed E-state index contributed by atoms with van der Waals surface area (Å²) in [6.07, 6.45) is -0.881. The molecule has 3 N–H and O–H groups in total. The van der Waals surface area contributed by atoms with Crippen molar-refractivity contribution in [2.75, 3.05) is 13.2 Å². The SMILES string of the molecule is OCC1OC2CCCCOC1C(O)C2O. The zero-order valence-corrected chi connectivity index (χ0v) is 8.58. The number of aliphatic hydroxyl groups is 3. The van der Waals surface area contributed by atoms with Crippen LogP contribution in [0.4, 0.5) is 0 Å². The first-order valence-corrected chi connectivity index (χ1v) is 5.48. The third-order valence-corrected chi connectivity index (χ3v) is 3.16. The molecule has 0 aliphatic carbocycles. The molecule has 3 heterocycles. The number of hydrogen-bond donors (Lipinski definition) is 3. The number of rotatable bonds is 1. The van der Waals surface area contributed by atoms with Crippen molar-refractivity contribution in [2.45, 2.75) is 49.8 Å². The zero-order chi connectivity index (χ0) is 10.8. The van der Waals surface area contributed by atoms with Gasteiger partial charge in [-0.25, -0.2) is 0 Å². The lowest BCUT2D eigenvalue weighted by atomic mass is 9.93. The minimum Gasteiger partial charge on any atom is -0.394 e. The van der Waals surface area contributed by atoms with Crippen LogP contribution in [0.2, 0.25) is 0 Å². The van der Waals surface area contributed by atoms with E-state index in [1.165, 1.54) is 0 Å². The Balaban J connectivity index is 2.16. The van der Waals surface area contributed by atoms with Crippen LogP contribution in [0, 0.1) is 0 Å². The summed E-state index contributed by atoms with van der Waals surface area (Å²) in [4.78, 5) is 0. The van der Waals surface area contributed by atoms with Gasteiger partial charge >= 0.3 is 0 Å². The smallest absolute Gasteiger partial charge is 0.114 e. The summed E-state index contributed by atoms with van der Waals surface area (Å²) in [6, 6.07) is 0. The maximum atomic E-state index is 9.83. The summed E-state index contributed by atoms with van der Waals surface area (Å²) >= 11 is 0. The summed E-state index contributed by atoms with van der Waals surface area (Å²) < 4.78 is 11.0. The molecule has 5 nitrogen and oxygen atoms in total. The second kappa shape index (κ2) is 4.76. The molecule has 3 saturated heterocycles. The van der Waals surface area contributed by atoms with E-state index in [2.05, 4.69) is 0 Å². The highest BCUT2D eigenvalue weighted by atomic mass is 16.6. The van der Waals surface area contributed by atoms with Crippen molar-refractivity contribution in [2.24, 2.45) is 0 Å². The highest BCUT2D eigenvalue weighted by Gasteiger charge is 2.45. The third kappa shape index (κ3) is 2.16. The van der Waals surface area contributed by atoms with Gasteiger partial charge in [0.15, 0.2) is 0 Å². The van der Waals surface area contributed by atoms with Crippen molar-refractivity contribution in [3.8, 4) is 0 Å². The number of ether oxygens (including phenoxy) is 2. The largest absolute Gasteiger partial charge is 0.394 e. The molecule has 3 rings (SSSR count). The van der Waals surface area contributed by atoms with E-state index in [9.17, 15) is 10.2 Å². The van der Waals surface area contributed by atoms with E-state index in [1.54, 1.807) is 0 Å². The number of fused-ring (bicyclic) bond motifs is 6. The predicted molar refractivity (Wildman–Crippen MR) is 51.4 cm³/mol. The lowest BCUT2D eigenvalue weighted by Gasteiger charge is -2.41. The second-order valence-electron chi connectivity index (χ2n) is 4.21. The van der Waals surface area contributed by atoms with Gasteiger partial charge in [-0.1, -0.05) is 0 Å². The van der Waals surface area contributed by atoms with E-state index in [4.69, 9.17) is 14.6 Å². The van der Waals surface area contributed by atoms with Gasteiger partial charge in [0.2, 0.25) is 0 Å². The van der Waals surface area contributed by atoms with Gasteiger partial charge in [-0.3, -0.25) is 0 Å². The lowest BCUT2D eigenvalue weighted by Crippen LogP contribution is -2.58. The van der Waals surface area contributed by atoms with Crippen LogP contribution in [-0.4, -0.2) is 59.1 Å². The molecule has 0 saturated carbocycles. The van der Waals surface area contributed by atoms with Crippen LogP contribution in [0.25, 0.3) is 0 Å². The van der Waals surface area contributed by atoms with Crippen molar-refractivity contribution in [1.29, 1.82) is 0 Å². The fourth-order valence-electron chi connectivity index (χ4n) is 2.28. The molecular weight excluding hydrogens is 200 g/mol. The summed E-state index contributed by atoms with van der Waals surface area (Å²) in [5.74, 6) is 0. The quantitative estimate of drug-likeness (QED) is 0.528. The Morgan fingerprint density at radius 3 is 2.67 bits per heavy atom. The van der Waals surface area contributed by atoms with Gasteiger partial charge in [-0.2, -0.15) is 0 Å². The van der Waals surface area contributed by atoms with E-state index < -0.39 is 24.4 Å². The first-order chi connectivity index (χ1) is 7.24. The summed E-state index contributed by atoms with van der Waals surface area (Å²) in [6.45, 7) is 0.353. The third-order valence-electron chi connectivity index (χ3n) is 3.16. The molecule has 5 unspecified atom stereocenters. The van der Waals surface area contributed by atoms with Crippen LogP contribution in [0.5, 0.6) is 0 Å². The number of aliphatic hydroxyl groups excluding tert-OH is 3. The van der Waals surface area contributed by atoms with Gasteiger partial charge in [-0.05, 0) is 19.3 Å². The molecule has 5 atom stereocenters. The Hall–Kier alpha value is -0.200. The molecule has 3 fully saturated rings. The summed E-state index contributed by atoms with van der Waals surface area (Å²) in [7, 11) is 0. The number of hydrogen-bond acceptors (Lipinski definition) is 5. The molecular formula is C10H18O5. The molecule has 5 heteroatoms. The predicted octanol–water partition coefficient (Wildman–Crippen LogP) is -0.963. The molecule has 0 aromatic heterocycles. The van der Waals surface area contributed by atoms with Crippen molar-refractivity contribution in [3.63, 3.8) is 0 Å². The standard InChI is InChI=1S/C10H18O5/c11-5-7-10-9(13)8(12)6(15-7)3-1-2-4-14-10/h6-13H,1-5H2. The average Bonchev–Trinajstić information content (AvgIpc) is 2.38. The first-order valence-electron chi connectivity index (χ1n) is 5.48. The van der Waals surface area contributed by atoms with E-state index in [0.717, 1.165) is 12.8 Å². The molecule has 0 amide bonds. The molecule has 0 aromatic carbocycles. The highest BCUT2D eigenvalue weighted by molar-refractivity contribution is 4.93. The van der Waals surface area contributed by atoms with Crippen molar-refractivity contribution in [1.82, 2.24) is 0 Å². The fourth-order valence-corrected chi connectivity index (χ4v) is 2.28. The molecule has 0 radical (unpaired) electrons. The minimum atomic E-state index is -0.959. The van der Waals surface area contributed by atoms with Crippen molar-refractivity contribution < 1.29 is 24.8 Å². The molecule has 88 valence electrons. The molecule has 3 aliphatic heterocycles. The lowest BCUT2D eigenvalue weighted by molar-refractivity contribution is -0.238. The zero-order valence-electron chi connectivity index (χ0n) is 8.58. The summed E-state index contributed by atoms with van der Waals surface area (Å²) in [5, 5.41) is 28.7. The molecule has 0 aromatic rings. The molecule has 0 spiro atoms. The maximum Gasteiger partial charge on any atom is 0.114 e. The molecule has 15 heavy (non-hydrogen) atoms. The van der Waals surface area contributed by atoms with Crippen LogP contribution >= 0.6 is 0 Å². The van der Waals surface area contributed by atoms with Crippen LogP contribution in [0.15, 0.2) is 0 Å². The van der Waals surface area contributed by atoms with Gasteiger partial charge in [0.25, 0.3) is 0 Å². The Labute approximate surface area is 88.6 Å². The van der Waals surface area contributed by atoms with Gasteiger partial charge in [0.05, 0.1) is 12.7 Å². The Morgan fingerprint density at radius 1 is 1.13 bits per heavy atom. The minimum absolute atomic E-state index is 0.190. The summed E-state index contributed by atoms with van der Waals surface area (Å²) in [5.41, 5.74) is 0. The van der Waals surface area contributed by atoms with Crippen molar-refractivity contribution >= 4 is 0 Å². The highest BCUT2D eigenvalue weighted by Crippen LogP contribution is 2.28. The van der Waals surface area contributed by atoms with E-state index in [-0.39, 0.29) is 12.7 Å². The van der Waals surface area contributed by atoms with Crippen LogP contribution in [0.1, 0.15) is 19.3 Å². The Bertz CT molecular complexity index is 206. The van der Waals surface area contributed by atoms with E-state index in [0.29, 0.717) is 13.0 Å². The fraction of sp³-hybridized carbons (Fsp3) is 1.00. The maximum absolute atomic E-state index is 9.83. The first kappa shape index (κ1) is 11.3. The Morgan fingerprint density at radius 2 is 1.93 bits per heavy atom. The average molecular weight is 218 g/mol. The monoisotopic (exact) mass is 218 g/mol. The van der Waals surface area contributed by atoms with Gasteiger partial charge < -0.3 is 24.8 Å². The van der Waals surface area contributed by atoms with Crippen molar-refractivity contribution in [3.05, 3.63) is 0 Å².